The van der Waals surface area contributed by atoms with Crippen molar-refractivity contribution < 1.29 is 19.5 Å². The molecule has 0 aliphatic carbocycles. The maximum Gasteiger partial charge on any atom is 0.245 e. The summed E-state index contributed by atoms with van der Waals surface area (Å²) in [6, 6.07) is 15.4. The zero-order valence-corrected chi connectivity index (χ0v) is 17.4. The van der Waals surface area contributed by atoms with Crippen LogP contribution in [0.1, 0.15) is 17.5 Å². The van der Waals surface area contributed by atoms with Crippen LogP contribution < -0.4 is 11.1 Å². The van der Waals surface area contributed by atoms with Gasteiger partial charge in [-0.15, -0.1) is 0 Å². The molecule has 2 aromatic rings. The van der Waals surface area contributed by atoms with Gasteiger partial charge in [0.1, 0.15) is 11.8 Å². The zero-order chi connectivity index (χ0) is 22.2. The van der Waals surface area contributed by atoms with Gasteiger partial charge >= 0.3 is 0 Å². The Morgan fingerprint density at radius 2 is 1.58 bits per heavy atom. The molecule has 1 atom stereocenters. The fourth-order valence-corrected chi connectivity index (χ4v) is 3.63. The summed E-state index contributed by atoms with van der Waals surface area (Å²) in [5.41, 5.74) is 7.22. The van der Waals surface area contributed by atoms with E-state index in [4.69, 9.17) is 5.73 Å². The van der Waals surface area contributed by atoms with Crippen molar-refractivity contribution in [1.82, 2.24) is 15.1 Å². The number of benzene rings is 2. The highest BCUT2D eigenvalue weighted by molar-refractivity contribution is 5.92. The summed E-state index contributed by atoms with van der Waals surface area (Å²) in [6.07, 6.45) is -0.210. The molecule has 3 rings (SSSR count). The van der Waals surface area contributed by atoms with Gasteiger partial charge in [0.05, 0.1) is 12.8 Å². The average molecular weight is 425 g/mol. The van der Waals surface area contributed by atoms with Crippen molar-refractivity contribution in [1.29, 1.82) is 0 Å². The van der Waals surface area contributed by atoms with E-state index in [-0.39, 0.29) is 30.4 Å². The molecule has 1 fully saturated rings. The number of nitrogens with two attached hydrogens (primary N) is 1. The minimum absolute atomic E-state index is 0.0354. The first-order valence-electron chi connectivity index (χ1n) is 10.3. The second kappa shape index (κ2) is 10.6. The van der Waals surface area contributed by atoms with Gasteiger partial charge in [-0.3, -0.25) is 19.3 Å². The van der Waals surface area contributed by atoms with Gasteiger partial charge in [-0.1, -0.05) is 42.5 Å². The third-order valence-electron chi connectivity index (χ3n) is 5.27. The van der Waals surface area contributed by atoms with Crippen molar-refractivity contribution in [2.75, 3.05) is 26.2 Å². The average Bonchev–Trinajstić information content (AvgIpc) is 2.75. The van der Waals surface area contributed by atoms with Crippen LogP contribution >= 0.6 is 0 Å². The van der Waals surface area contributed by atoms with E-state index < -0.39 is 11.9 Å². The number of aromatic hydroxyl groups is 1. The molecule has 1 aliphatic heterocycles. The third-order valence-corrected chi connectivity index (χ3v) is 5.27. The highest BCUT2D eigenvalue weighted by atomic mass is 16.3. The lowest BCUT2D eigenvalue weighted by Crippen LogP contribution is -2.55. The molecule has 0 unspecified atom stereocenters. The molecular weight excluding hydrogens is 396 g/mol. The zero-order valence-electron chi connectivity index (χ0n) is 17.4. The Kier molecular flexibility index (Phi) is 7.61. The van der Waals surface area contributed by atoms with E-state index in [1.165, 1.54) is 17.7 Å². The monoisotopic (exact) mass is 424 g/mol. The molecule has 4 N–H and O–H groups in total. The van der Waals surface area contributed by atoms with Crippen molar-refractivity contribution in [2.24, 2.45) is 5.73 Å². The number of hydrogen-bond acceptors (Lipinski definition) is 5. The molecule has 2 aromatic carbocycles. The first kappa shape index (κ1) is 22.3. The number of carbonyl (C=O) groups is 3. The molecular formula is C23H28N4O4. The molecule has 8 heteroatoms. The predicted octanol–water partition coefficient (Wildman–Crippen LogP) is 0.639. The fourth-order valence-electron chi connectivity index (χ4n) is 3.63. The lowest BCUT2D eigenvalue weighted by Gasteiger charge is -2.36. The molecule has 8 nitrogen and oxygen atoms in total. The number of nitrogens with one attached hydrogen (secondary N) is 1. The maximum absolute atomic E-state index is 13.0. The summed E-state index contributed by atoms with van der Waals surface area (Å²) < 4.78 is 0. The van der Waals surface area contributed by atoms with Crippen LogP contribution in [-0.4, -0.2) is 64.8 Å². The topological polar surface area (TPSA) is 116 Å². The van der Waals surface area contributed by atoms with Gasteiger partial charge in [0.2, 0.25) is 17.7 Å². The first-order valence-corrected chi connectivity index (χ1v) is 10.3. The molecule has 0 saturated carbocycles. The predicted molar refractivity (Wildman–Crippen MR) is 116 cm³/mol. The first-order chi connectivity index (χ1) is 14.9. The van der Waals surface area contributed by atoms with Crippen LogP contribution in [-0.2, 0) is 27.3 Å². The van der Waals surface area contributed by atoms with E-state index in [1.807, 2.05) is 18.2 Å². The second-order valence-electron chi connectivity index (χ2n) is 7.72. The maximum atomic E-state index is 13.0. The molecule has 3 amide bonds. The van der Waals surface area contributed by atoms with Crippen LogP contribution in [0.2, 0.25) is 0 Å². The standard InChI is InChI=1S/C23H28N4O4/c24-21(29)15-20(25-22(30)14-17-6-8-19(28)9-7-17)23(31)27-12-10-26(11-13-27)16-18-4-2-1-3-5-18/h1-9,20,28H,10-16H2,(H2,24,29)(H,25,30)/t20-/m0/s1. The van der Waals surface area contributed by atoms with Crippen LogP contribution in [0, 0.1) is 0 Å². The number of phenols is 1. The minimum atomic E-state index is -0.984. The van der Waals surface area contributed by atoms with Crippen molar-refractivity contribution in [3.05, 3.63) is 65.7 Å². The van der Waals surface area contributed by atoms with Crippen molar-refractivity contribution in [3.63, 3.8) is 0 Å². The van der Waals surface area contributed by atoms with Gasteiger partial charge in [0.25, 0.3) is 0 Å². The Labute approximate surface area is 181 Å². The third kappa shape index (κ3) is 6.82. The van der Waals surface area contributed by atoms with Gasteiger partial charge < -0.3 is 21.1 Å². The molecule has 31 heavy (non-hydrogen) atoms. The van der Waals surface area contributed by atoms with Crippen LogP contribution in [0.25, 0.3) is 0 Å². The summed E-state index contributed by atoms with van der Waals surface area (Å²) in [5.74, 6) is -1.21. The Balaban J connectivity index is 1.55. The summed E-state index contributed by atoms with van der Waals surface area (Å²) in [4.78, 5) is 40.8. The SMILES string of the molecule is NC(=O)C[C@H](NC(=O)Cc1ccc(O)cc1)C(=O)N1CCN(Cc2ccccc2)CC1. The van der Waals surface area contributed by atoms with Crippen molar-refractivity contribution >= 4 is 17.7 Å². The number of carbonyl (C=O) groups excluding carboxylic acids is 3. The van der Waals surface area contributed by atoms with Crippen LogP contribution in [0.5, 0.6) is 5.75 Å². The lowest BCUT2D eigenvalue weighted by molar-refractivity contribution is -0.139. The smallest absolute Gasteiger partial charge is 0.245 e. The number of amides is 3. The van der Waals surface area contributed by atoms with Gasteiger partial charge in [-0.05, 0) is 23.3 Å². The summed E-state index contributed by atoms with van der Waals surface area (Å²) in [6.45, 7) is 3.29. The Morgan fingerprint density at radius 3 is 2.19 bits per heavy atom. The van der Waals surface area contributed by atoms with E-state index in [2.05, 4.69) is 22.3 Å². The quantitative estimate of drug-likeness (QED) is 0.575. The molecule has 0 bridgehead atoms. The number of primary amides is 1. The lowest BCUT2D eigenvalue weighted by atomic mass is 10.1. The van der Waals surface area contributed by atoms with Gasteiger partial charge in [-0.25, -0.2) is 0 Å². The van der Waals surface area contributed by atoms with E-state index in [9.17, 15) is 19.5 Å². The highest BCUT2D eigenvalue weighted by Crippen LogP contribution is 2.12. The van der Waals surface area contributed by atoms with Crippen molar-refractivity contribution in [3.8, 4) is 5.75 Å². The molecule has 0 aromatic heterocycles. The molecule has 1 aliphatic rings. The van der Waals surface area contributed by atoms with Gasteiger partial charge in [0, 0.05) is 32.7 Å². The molecule has 0 radical (unpaired) electrons. The number of piperazine rings is 1. The van der Waals surface area contributed by atoms with E-state index >= 15 is 0 Å². The Morgan fingerprint density at radius 1 is 0.935 bits per heavy atom. The largest absolute Gasteiger partial charge is 0.508 e. The van der Waals surface area contributed by atoms with E-state index in [1.54, 1.807) is 17.0 Å². The Hall–Kier alpha value is -3.39. The van der Waals surface area contributed by atoms with Gasteiger partial charge in [-0.2, -0.15) is 0 Å². The van der Waals surface area contributed by atoms with E-state index in [0.29, 0.717) is 31.7 Å². The van der Waals surface area contributed by atoms with Crippen molar-refractivity contribution in [2.45, 2.75) is 25.4 Å². The highest BCUT2D eigenvalue weighted by Gasteiger charge is 2.29. The summed E-state index contributed by atoms with van der Waals surface area (Å²) >= 11 is 0. The summed E-state index contributed by atoms with van der Waals surface area (Å²) in [5, 5.41) is 12.0. The Bertz CT molecular complexity index is 894. The van der Waals surface area contributed by atoms with E-state index in [0.717, 1.165) is 6.54 Å². The normalized spacial score (nSPS) is 15.3. The second-order valence-corrected chi connectivity index (χ2v) is 7.72. The fraction of sp³-hybridized carbons (Fsp3) is 0.348. The molecule has 0 spiro atoms. The molecule has 1 saturated heterocycles. The van der Waals surface area contributed by atoms with Gasteiger partial charge in [0.15, 0.2) is 0 Å². The minimum Gasteiger partial charge on any atom is -0.508 e. The number of hydrogen-bond donors (Lipinski definition) is 3. The number of rotatable bonds is 8. The molecule has 1 heterocycles. The summed E-state index contributed by atoms with van der Waals surface area (Å²) in [7, 11) is 0. The van der Waals surface area contributed by atoms with Crippen LogP contribution in [0.4, 0.5) is 0 Å². The number of nitrogens with zero attached hydrogens (tertiary/aromatic N) is 2. The molecule has 164 valence electrons. The van der Waals surface area contributed by atoms with Crippen LogP contribution in [0.3, 0.4) is 0 Å². The van der Waals surface area contributed by atoms with Crippen LogP contribution in [0.15, 0.2) is 54.6 Å². The number of phenolic OH excluding ortho intramolecular Hbond substituents is 1.